The summed E-state index contributed by atoms with van der Waals surface area (Å²) in [5.41, 5.74) is -5.74. The summed E-state index contributed by atoms with van der Waals surface area (Å²) >= 11 is 0. The number of aliphatic hydroxyl groups is 2. The number of benzene rings is 2. The molecule has 5 heterocycles. The fourth-order valence-corrected chi connectivity index (χ4v) is 5.90. The Labute approximate surface area is 382 Å². The minimum absolute atomic E-state index is 0.0618. The summed E-state index contributed by atoms with van der Waals surface area (Å²) in [6.07, 6.45) is -14.0. The maximum Gasteiger partial charge on any atom is 0.434 e. The number of ketones is 1. The fourth-order valence-electron chi connectivity index (χ4n) is 5.90. The SMILES string of the molecule is CCC(O)CO.CCC1COC(Cn2cncn2)(c2ccc(Oc3ccc(C(F)(F)F)cc3)nc2C(F)(F)F)O1.O=C(Cn1cncn1)c1ccc(Oc2ccc(C(F)(F)F)cc2)nc1C(F)(F)F. The summed E-state index contributed by atoms with van der Waals surface area (Å²) in [6.45, 7) is 2.88. The number of halogens is 12. The van der Waals surface area contributed by atoms with Gasteiger partial charge < -0.3 is 29.2 Å². The smallest absolute Gasteiger partial charge is 0.434 e. The lowest BCUT2D eigenvalue weighted by Gasteiger charge is -2.30. The average molecular weight is 995 g/mol. The van der Waals surface area contributed by atoms with Gasteiger partial charge >= 0.3 is 24.7 Å². The number of hydrogen-bond acceptors (Lipinski definition) is 13. The van der Waals surface area contributed by atoms with Crippen LogP contribution in [0.5, 0.6) is 23.3 Å². The molecule has 0 spiro atoms. The largest absolute Gasteiger partial charge is 0.439 e. The van der Waals surface area contributed by atoms with Crippen molar-refractivity contribution in [2.45, 2.75) is 82.5 Å². The first-order valence-electron chi connectivity index (χ1n) is 20.0. The molecule has 1 aliphatic heterocycles. The lowest BCUT2D eigenvalue weighted by atomic mass is 10.0. The molecule has 7 rings (SSSR count). The summed E-state index contributed by atoms with van der Waals surface area (Å²) in [5.74, 6) is -4.00. The molecular weight excluding hydrogens is 956 g/mol. The third-order valence-electron chi connectivity index (χ3n) is 9.40. The number of carbonyl (C=O) groups is 1. The first-order chi connectivity index (χ1) is 32.3. The molecule has 27 heteroatoms. The van der Waals surface area contributed by atoms with Gasteiger partial charge in [-0.05, 0) is 73.5 Å². The Hall–Kier alpha value is -6.71. The molecule has 6 aromatic rings. The molecule has 372 valence electrons. The van der Waals surface area contributed by atoms with E-state index in [1.165, 1.54) is 23.7 Å². The van der Waals surface area contributed by atoms with Crippen LogP contribution in [0.2, 0.25) is 0 Å². The van der Waals surface area contributed by atoms with Gasteiger partial charge in [-0.15, -0.1) is 0 Å². The Bertz CT molecular complexity index is 2560. The second kappa shape index (κ2) is 22.1. The molecule has 0 saturated carbocycles. The molecule has 0 bridgehead atoms. The molecule has 1 saturated heterocycles. The Morgan fingerprint density at radius 1 is 0.710 bits per heavy atom. The van der Waals surface area contributed by atoms with Crippen LogP contribution in [0.1, 0.15) is 65.1 Å². The number of aliphatic hydroxyl groups excluding tert-OH is 2. The van der Waals surface area contributed by atoms with Gasteiger partial charge in [0, 0.05) is 17.7 Å². The number of rotatable bonds is 13. The second-order valence-electron chi connectivity index (χ2n) is 14.4. The Kier molecular flexibility index (Phi) is 17.1. The predicted molar refractivity (Wildman–Crippen MR) is 212 cm³/mol. The molecule has 0 aliphatic carbocycles. The topological polar surface area (TPSA) is 182 Å². The summed E-state index contributed by atoms with van der Waals surface area (Å²) < 4.78 is 182. The number of aromatic nitrogens is 8. The van der Waals surface area contributed by atoms with Crippen LogP contribution < -0.4 is 9.47 Å². The zero-order valence-corrected chi connectivity index (χ0v) is 35.7. The van der Waals surface area contributed by atoms with Crippen LogP contribution in [0.15, 0.2) is 98.1 Å². The number of alkyl halides is 12. The van der Waals surface area contributed by atoms with E-state index in [9.17, 15) is 57.5 Å². The maximum absolute atomic E-state index is 14.0. The molecule has 0 radical (unpaired) electrons. The summed E-state index contributed by atoms with van der Waals surface area (Å²) in [6, 6.07) is 11.0. The van der Waals surface area contributed by atoms with Gasteiger partial charge in [0.25, 0.3) is 0 Å². The lowest BCUT2D eigenvalue weighted by molar-refractivity contribution is -0.197. The van der Waals surface area contributed by atoms with Gasteiger partial charge in [0.05, 0.1) is 42.1 Å². The average Bonchev–Trinajstić information content (AvgIpc) is 4.10. The van der Waals surface area contributed by atoms with Crippen LogP contribution in [-0.2, 0) is 53.1 Å². The second-order valence-corrected chi connectivity index (χ2v) is 14.4. The molecule has 69 heavy (non-hydrogen) atoms. The van der Waals surface area contributed by atoms with Crippen LogP contribution in [0.4, 0.5) is 52.7 Å². The van der Waals surface area contributed by atoms with Gasteiger partial charge in [-0.25, -0.2) is 29.3 Å². The van der Waals surface area contributed by atoms with Crippen molar-refractivity contribution in [2.75, 3.05) is 13.2 Å². The van der Waals surface area contributed by atoms with Gasteiger partial charge in [0.15, 0.2) is 17.2 Å². The summed E-state index contributed by atoms with van der Waals surface area (Å²) in [5, 5.41) is 24.1. The van der Waals surface area contributed by atoms with Crippen molar-refractivity contribution in [3.8, 4) is 23.3 Å². The van der Waals surface area contributed by atoms with E-state index < -0.39 is 94.9 Å². The molecule has 3 atom stereocenters. The first-order valence-corrected chi connectivity index (χ1v) is 20.0. The van der Waals surface area contributed by atoms with Crippen molar-refractivity contribution in [2.24, 2.45) is 0 Å². The van der Waals surface area contributed by atoms with Gasteiger partial charge in [-0.1, -0.05) is 13.8 Å². The van der Waals surface area contributed by atoms with Crippen molar-refractivity contribution in [3.63, 3.8) is 0 Å². The van der Waals surface area contributed by atoms with E-state index >= 15 is 0 Å². The first kappa shape index (κ1) is 53.2. The van der Waals surface area contributed by atoms with E-state index in [0.29, 0.717) is 12.8 Å². The quantitative estimate of drug-likeness (QED) is 0.0826. The van der Waals surface area contributed by atoms with Crippen molar-refractivity contribution in [1.82, 2.24) is 39.5 Å². The minimum Gasteiger partial charge on any atom is -0.439 e. The highest BCUT2D eigenvalue weighted by Gasteiger charge is 2.50. The van der Waals surface area contributed by atoms with Crippen LogP contribution >= 0.6 is 0 Å². The van der Waals surface area contributed by atoms with Crippen molar-refractivity contribution >= 4 is 5.78 Å². The van der Waals surface area contributed by atoms with Gasteiger partial charge in [0.1, 0.15) is 49.9 Å². The van der Waals surface area contributed by atoms with E-state index in [1.54, 1.807) is 0 Å². The molecule has 2 aromatic carbocycles. The number of Topliss-reactive ketones (excluding diaryl/α,β-unsaturated/α-hetero) is 1. The van der Waals surface area contributed by atoms with Gasteiger partial charge in [-0.2, -0.15) is 62.9 Å². The number of hydrogen-bond donors (Lipinski definition) is 2. The van der Waals surface area contributed by atoms with E-state index in [4.69, 9.17) is 29.2 Å². The monoisotopic (exact) mass is 994 g/mol. The van der Waals surface area contributed by atoms with Crippen molar-refractivity contribution < 1.29 is 86.6 Å². The molecule has 4 aromatic heterocycles. The van der Waals surface area contributed by atoms with Crippen LogP contribution in [-0.4, -0.2) is 80.9 Å². The summed E-state index contributed by atoms with van der Waals surface area (Å²) in [4.78, 5) is 26.5. The van der Waals surface area contributed by atoms with Crippen molar-refractivity contribution in [3.05, 3.63) is 132 Å². The Morgan fingerprint density at radius 3 is 1.61 bits per heavy atom. The van der Waals surface area contributed by atoms with Crippen molar-refractivity contribution in [1.29, 1.82) is 0 Å². The normalized spacial score (nSPS) is 16.7. The minimum atomic E-state index is -4.97. The molecule has 1 fully saturated rings. The number of pyridine rings is 2. The Balaban J connectivity index is 0.000000233. The maximum atomic E-state index is 14.0. The van der Waals surface area contributed by atoms with Gasteiger partial charge in [0.2, 0.25) is 17.5 Å². The highest BCUT2D eigenvalue weighted by molar-refractivity contribution is 5.97. The molecule has 3 unspecified atom stereocenters. The molecule has 1 aliphatic rings. The van der Waals surface area contributed by atoms with E-state index in [-0.39, 0.29) is 36.8 Å². The molecule has 2 N–H and O–H groups in total. The van der Waals surface area contributed by atoms with E-state index in [2.05, 4.69) is 30.1 Å². The highest BCUT2D eigenvalue weighted by Crippen LogP contribution is 2.44. The zero-order chi connectivity index (χ0) is 50.8. The van der Waals surface area contributed by atoms with E-state index in [0.717, 1.165) is 83.8 Å². The fraction of sp³-hybridized carbons (Fsp3) is 0.357. The molecule has 15 nitrogen and oxygen atoms in total. The number of nitrogens with zero attached hydrogens (tertiary/aromatic N) is 8. The van der Waals surface area contributed by atoms with Crippen LogP contribution in [0, 0.1) is 0 Å². The lowest BCUT2D eigenvalue weighted by Crippen LogP contribution is -2.36. The summed E-state index contributed by atoms with van der Waals surface area (Å²) in [7, 11) is 0. The number of carbonyl (C=O) groups excluding carboxylic acids is 1. The molecular formula is C42H38F12N8O7. The Morgan fingerprint density at radius 2 is 1.20 bits per heavy atom. The highest BCUT2D eigenvalue weighted by atomic mass is 19.4. The standard InChI is InChI=1S/C21H18F6N4O3.C17H10F6N4O2.C4H10O2/c1-2-14-9-32-19(34-14,10-31-12-28-11-29-31)16-7-8-17(30-18(16)21(25,26)27)33-15-5-3-13(4-6-15)20(22,23)24;18-16(19,20)10-1-3-11(4-2-10)29-14-6-5-12(15(26-14)17(21,22)23)13(28)7-27-9-24-8-25-27;1-2-4(6)3-5/h3-8,11-12,14H,2,9-10H2,1H3;1-6,8-9H,7H2;4-6H,2-3H2,1H3. The van der Waals surface area contributed by atoms with Crippen LogP contribution in [0.3, 0.4) is 0 Å². The third-order valence-corrected chi connectivity index (χ3v) is 9.40. The number of ether oxygens (including phenoxy) is 4. The van der Waals surface area contributed by atoms with Crippen LogP contribution in [0.25, 0.3) is 0 Å². The third kappa shape index (κ3) is 14.6. The zero-order valence-electron chi connectivity index (χ0n) is 35.7. The van der Waals surface area contributed by atoms with E-state index in [1.807, 2.05) is 13.8 Å². The predicted octanol–water partition coefficient (Wildman–Crippen LogP) is 9.32. The molecule has 0 amide bonds. The van der Waals surface area contributed by atoms with Gasteiger partial charge in [-0.3, -0.25) is 4.79 Å².